The molecule has 0 radical (unpaired) electrons. The monoisotopic (exact) mass is 240 g/mol. The van der Waals surface area contributed by atoms with Gasteiger partial charge in [0.05, 0.1) is 12.1 Å². The van der Waals surface area contributed by atoms with Crippen LogP contribution >= 0.6 is 0 Å². The SMILES string of the molecule is COC(C1CCCCC1)C(NN)C1CCCC1. The third-order valence-corrected chi connectivity index (χ3v) is 4.84. The Hall–Kier alpha value is -0.120. The molecular formula is C14H28N2O. The summed E-state index contributed by atoms with van der Waals surface area (Å²) in [6.45, 7) is 0. The third kappa shape index (κ3) is 3.21. The van der Waals surface area contributed by atoms with E-state index in [1.165, 1.54) is 57.8 Å². The second-order valence-corrected chi connectivity index (χ2v) is 5.84. The summed E-state index contributed by atoms with van der Waals surface area (Å²) in [6.07, 6.45) is 12.5. The van der Waals surface area contributed by atoms with Crippen LogP contribution in [0.25, 0.3) is 0 Å². The first-order chi connectivity index (χ1) is 8.36. The summed E-state index contributed by atoms with van der Waals surface area (Å²) in [6, 6.07) is 0.366. The number of rotatable bonds is 5. The summed E-state index contributed by atoms with van der Waals surface area (Å²) in [5.41, 5.74) is 3.07. The number of methoxy groups -OCH3 is 1. The van der Waals surface area contributed by atoms with E-state index in [-0.39, 0.29) is 0 Å². The van der Waals surface area contributed by atoms with Crippen LogP contribution in [0.2, 0.25) is 0 Å². The number of hydrogen-bond donors (Lipinski definition) is 2. The molecule has 2 rings (SSSR count). The fourth-order valence-corrected chi connectivity index (χ4v) is 3.91. The van der Waals surface area contributed by atoms with Crippen molar-refractivity contribution in [3.63, 3.8) is 0 Å². The van der Waals surface area contributed by atoms with E-state index < -0.39 is 0 Å². The van der Waals surface area contributed by atoms with Crippen molar-refractivity contribution in [1.82, 2.24) is 5.43 Å². The van der Waals surface area contributed by atoms with Gasteiger partial charge in [0.25, 0.3) is 0 Å². The molecule has 0 aromatic carbocycles. The Morgan fingerprint density at radius 2 is 1.47 bits per heavy atom. The maximum atomic E-state index is 5.81. The van der Waals surface area contributed by atoms with Crippen LogP contribution in [0.3, 0.4) is 0 Å². The van der Waals surface area contributed by atoms with E-state index in [1.54, 1.807) is 0 Å². The van der Waals surface area contributed by atoms with Gasteiger partial charge in [-0.2, -0.15) is 0 Å². The molecular weight excluding hydrogens is 212 g/mol. The van der Waals surface area contributed by atoms with Gasteiger partial charge in [-0.05, 0) is 37.5 Å². The Labute approximate surface area is 105 Å². The fraction of sp³-hybridized carbons (Fsp3) is 1.00. The molecule has 0 aliphatic heterocycles. The van der Waals surface area contributed by atoms with Crippen molar-refractivity contribution in [2.75, 3.05) is 7.11 Å². The lowest BCUT2D eigenvalue weighted by Gasteiger charge is -2.37. The van der Waals surface area contributed by atoms with Crippen LogP contribution in [0.5, 0.6) is 0 Å². The molecule has 2 atom stereocenters. The van der Waals surface area contributed by atoms with Crippen molar-refractivity contribution in [2.24, 2.45) is 17.7 Å². The minimum atomic E-state index is 0.323. The molecule has 0 aromatic rings. The van der Waals surface area contributed by atoms with Crippen molar-refractivity contribution < 1.29 is 4.74 Å². The zero-order valence-electron chi connectivity index (χ0n) is 11.2. The first-order valence-corrected chi connectivity index (χ1v) is 7.35. The van der Waals surface area contributed by atoms with Gasteiger partial charge in [0, 0.05) is 7.11 Å². The van der Waals surface area contributed by atoms with Gasteiger partial charge in [-0.15, -0.1) is 0 Å². The number of nitrogens with two attached hydrogens (primary N) is 1. The molecule has 2 aliphatic carbocycles. The number of ether oxygens (including phenoxy) is 1. The van der Waals surface area contributed by atoms with Gasteiger partial charge in [0.2, 0.25) is 0 Å². The Kier molecular flexibility index (Phi) is 5.26. The summed E-state index contributed by atoms with van der Waals surface area (Å²) in [4.78, 5) is 0. The van der Waals surface area contributed by atoms with Gasteiger partial charge in [-0.3, -0.25) is 11.3 Å². The highest BCUT2D eigenvalue weighted by Gasteiger charge is 2.35. The third-order valence-electron chi connectivity index (χ3n) is 4.84. The minimum absolute atomic E-state index is 0.323. The molecule has 2 saturated carbocycles. The van der Waals surface area contributed by atoms with E-state index in [0.29, 0.717) is 12.1 Å². The molecule has 0 heterocycles. The number of nitrogens with one attached hydrogen (secondary N) is 1. The molecule has 2 fully saturated rings. The zero-order chi connectivity index (χ0) is 12.1. The minimum Gasteiger partial charge on any atom is -0.379 e. The van der Waals surface area contributed by atoms with E-state index >= 15 is 0 Å². The molecule has 0 amide bonds. The second-order valence-electron chi connectivity index (χ2n) is 5.84. The lowest BCUT2D eigenvalue weighted by atomic mass is 9.79. The first kappa shape index (κ1) is 13.3. The molecule has 100 valence electrons. The molecule has 0 bridgehead atoms. The molecule has 3 nitrogen and oxygen atoms in total. The normalized spacial score (nSPS) is 27.2. The molecule has 3 N–H and O–H groups in total. The largest absolute Gasteiger partial charge is 0.379 e. The summed E-state index contributed by atoms with van der Waals surface area (Å²) >= 11 is 0. The highest BCUT2D eigenvalue weighted by molar-refractivity contribution is 4.89. The van der Waals surface area contributed by atoms with Gasteiger partial charge in [-0.1, -0.05) is 32.1 Å². The quantitative estimate of drug-likeness (QED) is 0.573. The van der Waals surface area contributed by atoms with Crippen molar-refractivity contribution in [3.8, 4) is 0 Å². The molecule has 3 heteroatoms. The predicted octanol–water partition coefficient (Wildman–Crippen LogP) is 2.60. The van der Waals surface area contributed by atoms with Crippen LogP contribution in [0.15, 0.2) is 0 Å². The maximum absolute atomic E-state index is 5.81. The van der Waals surface area contributed by atoms with E-state index in [4.69, 9.17) is 10.6 Å². The topological polar surface area (TPSA) is 47.3 Å². The first-order valence-electron chi connectivity index (χ1n) is 7.35. The van der Waals surface area contributed by atoms with Crippen LogP contribution in [0.1, 0.15) is 57.8 Å². The maximum Gasteiger partial charge on any atom is 0.0768 e. The number of hydrazine groups is 1. The van der Waals surface area contributed by atoms with E-state index in [2.05, 4.69) is 5.43 Å². The second kappa shape index (κ2) is 6.72. The average molecular weight is 240 g/mol. The summed E-state index contributed by atoms with van der Waals surface area (Å²) in [7, 11) is 1.86. The lowest BCUT2D eigenvalue weighted by Crippen LogP contribution is -2.52. The molecule has 2 unspecified atom stereocenters. The van der Waals surface area contributed by atoms with Gasteiger partial charge >= 0.3 is 0 Å². The standard InChI is InChI=1S/C14H28N2O/c1-17-14(12-9-3-2-4-10-12)13(16-15)11-7-5-6-8-11/h11-14,16H,2-10,15H2,1H3. The van der Waals surface area contributed by atoms with Crippen LogP contribution < -0.4 is 11.3 Å². The Balaban J connectivity index is 1.97. The molecule has 0 saturated heterocycles. The highest BCUT2D eigenvalue weighted by atomic mass is 16.5. The molecule has 0 aromatic heterocycles. The van der Waals surface area contributed by atoms with Crippen molar-refractivity contribution >= 4 is 0 Å². The van der Waals surface area contributed by atoms with E-state index in [0.717, 1.165) is 11.8 Å². The average Bonchev–Trinajstić information content (AvgIpc) is 2.90. The molecule has 0 spiro atoms. The summed E-state index contributed by atoms with van der Waals surface area (Å²) in [5, 5.41) is 0. The summed E-state index contributed by atoms with van der Waals surface area (Å²) in [5.74, 6) is 7.25. The molecule has 2 aliphatic rings. The fourth-order valence-electron chi connectivity index (χ4n) is 3.91. The summed E-state index contributed by atoms with van der Waals surface area (Å²) < 4.78 is 5.81. The Bertz CT molecular complexity index is 210. The van der Waals surface area contributed by atoms with Gasteiger partial charge < -0.3 is 4.74 Å². The van der Waals surface area contributed by atoms with Gasteiger partial charge in [-0.25, -0.2) is 0 Å². The zero-order valence-corrected chi connectivity index (χ0v) is 11.2. The Morgan fingerprint density at radius 1 is 0.941 bits per heavy atom. The van der Waals surface area contributed by atoms with Gasteiger partial charge in [0.1, 0.15) is 0 Å². The smallest absolute Gasteiger partial charge is 0.0768 e. The number of hydrogen-bond acceptors (Lipinski definition) is 3. The molecule has 17 heavy (non-hydrogen) atoms. The Morgan fingerprint density at radius 3 is 2.00 bits per heavy atom. The predicted molar refractivity (Wildman–Crippen MR) is 70.4 cm³/mol. The van der Waals surface area contributed by atoms with Crippen molar-refractivity contribution in [2.45, 2.75) is 69.9 Å². The van der Waals surface area contributed by atoms with Crippen LogP contribution in [0.4, 0.5) is 0 Å². The highest BCUT2D eigenvalue weighted by Crippen LogP contribution is 2.35. The van der Waals surface area contributed by atoms with Crippen LogP contribution in [0, 0.1) is 11.8 Å². The van der Waals surface area contributed by atoms with Crippen LogP contribution in [-0.2, 0) is 4.74 Å². The van der Waals surface area contributed by atoms with Gasteiger partial charge in [0.15, 0.2) is 0 Å². The van der Waals surface area contributed by atoms with Crippen molar-refractivity contribution in [1.29, 1.82) is 0 Å². The van der Waals surface area contributed by atoms with E-state index in [9.17, 15) is 0 Å². The van der Waals surface area contributed by atoms with Crippen molar-refractivity contribution in [3.05, 3.63) is 0 Å². The van der Waals surface area contributed by atoms with E-state index in [1.807, 2.05) is 7.11 Å². The van der Waals surface area contributed by atoms with Crippen LogP contribution in [-0.4, -0.2) is 19.3 Å². The lowest BCUT2D eigenvalue weighted by molar-refractivity contribution is -0.00722.